The third kappa shape index (κ3) is 63.4. The van der Waals surface area contributed by atoms with Crippen LogP contribution in [0.3, 0.4) is 0 Å². The summed E-state index contributed by atoms with van der Waals surface area (Å²) in [4.78, 5) is 24.6. The smallest absolute Gasteiger partial charge is 0.305 e. The Morgan fingerprint density at radius 3 is 0.948 bits per heavy atom. The number of allylic oxidation sites excluding steroid dienone is 4. The highest BCUT2D eigenvalue weighted by molar-refractivity contribution is 5.76. The molecule has 3 N–H and O–H groups in total. The Hall–Kier alpha value is -1.66. The number of aliphatic hydroxyl groups is 2. The highest BCUT2D eigenvalue weighted by Crippen LogP contribution is 2.19. The van der Waals surface area contributed by atoms with Gasteiger partial charge < -0.3 is 20.3 Å². The fourth-order valence-corrected chi connectivity index (χ4v) is 11.1. The predicted molar refractivity (Wildman–Crippen MR) is 338 cm³/mol. The number of hydrogen-bond donors (Lipinski definition) is 3. The monoisotopic (exact) mass is 1080 g/mol. The summed E-state index contributed by atoms with van der Waals surface area (Å²) in [7, 11) is 0. The van der Waals surface area contributed by atoms with Gasteiger partial charge in [0.1, 0.15) is 0 Å². The Morgan fingerprint density at radius 1 is 0.351 bits per heavy atom. The van der Waals surface area contributed by atoms with Gasteiger partial charge in [-0.1, -0.05) is 327 Å². The van der Waals surface area contributed by atoms with Crippen molar-refractivity contribution in [2.75, 3.05) is 13.2 Å². The molecule has 6 nitrogen and oxygen atoms in total. The first-order chi connectivity index (χ1) is 38.0. The molecule has 0 saturated heterocycles. The molecule has 0 bridgehead atoms. The van der Waals surface area contributed by atoms with E-state index in [1.54, 1.807) is 0 Å². The molecule has 2 atom stereocenters. The molecule has 0 aliphatic carbocycles. The second kappa shape index (κ2) is 66.8. The van der Waals surface area contributed by atoms with Gasteiger partial charge in [0.2, 0.25) is 5.91 Å². The Balaban J connectivity index is 3.41. The number of rotatable bonds is 66. The van der Waals surface area contributed by atoms with E-state index in [9.17, 15) is 19.8 Å². The van der Waals surface area contributed by atoms with Crippen LogP contribution in [0.4, 0.5) is 0 Å². The first-order valence-corrected chi connectivity index (χ1v) is 35.1. The maximum Gasteiger partial charge on any atom is 0.305 e. The molecule has 0 spiro atoms. The zero-order valence-corrected chi connectivity index (χ0v) is 52.2. The molecule has 0 aromatic carbocycles. The summed E-state index contributed by atoms with van der Waals surface area (Å²) in [6, 6.07) is -0.547. The van der Waals surface area contributed by atoms with Crippen LogP contribution in [0.2, 0.25) is 0 Å². The molecular formula is C71H137NO5. The third-order valence-electron chi connectivity index (χ3n) is 16.5. The van der Waals surface area contributed by atoms with Crippen molar-refractivity contribution in [2.24, 2.45) is 0 Å². The number of amides is 1. The molecule has 1 amide bonds. The van der Waals surface area contributed by atoms with E-state index in [2.05, 4.69) is 43.5 Å². The summed E-state index contributed by atoms with van der Waals surface area (Å²) < 4.78 is 5.47. The van der Waals surface area contributed by atoms with E-state index < -0.39 is 12.1 Å². The summed E-state index contributed by atoms with van der Waals surface area (Å²) >= 11 is 0. The molecule has 456 valence electrons. The second-order valence-corrected chi connectivity index (χ2v) is 24.2. The van der Waals surface area contributed by atoms with Crippen LogP contribution in [0.1, 0.15) is 393 Å². The minimum absolute atomic E-state index is 0.00222. The van der Waals surface area contributed by atoms with Crippen LogP contribution < -0.4 is 5.32 Å². The van der Waals surface area contributed by atoms with E-state index in [4.69, 9.17) is 4.74 Å². The van der Waals surface area contributed by atoms with E-state index in [0.717, 1.165) is 44.9 Å². The molecule has 0 radical (unpaired) electrons. The van der Waals surface area contributed by atoms with Gasteiger partial charge in [-0.15, -0.1) is 0 Å². The lowest BCUT2D eigenvalue weighted by Gasteiger charge is -2.22. The largest absolute Gasteiger partial charge is 0.466 e. The van der Waals surface area contributed by atoms with Gasteiger partial charge in [-0.2, -0.15) is 0 Å². The quantitative estimate of drug-likeness (QED) is 0.0320. The van der Waals surface area contributed by atoms with Gasteiger partial charge in [0.25, 0.3) is 0 Å². The minimum Gasteiger partial charge on any atom is -0.466 e. The topological polar surface area (TPSA) is 95.9 Å². The highest BCUT2D eigenvalue weighted by Gasteiger charge is 2.20. The number of nitrogens with one attached hydrogen (secondary N) is 1. The Labute approximate surface area is 481 Å². The number of carbonyl (C=O) groups excluding carboxylic acids is 2. The lowest BCUT2D eigenvalue weighted by Crippen LogP contribution is -2.45. The average molecular weight is 1080 g/mol. The first kappa shape index (κ1) is 75.3. The number of ether oxygens (including phenoxy) is 1. The molecule has 0 aliphatic heterocycles. The Kier molecular flexibility index (Phi) is 65.4. The molecule has 0 aromatic rings. The predicted octanol–water partition coefficient (Wildman–Crippen LogP) is 22.5. The van der Waals surface area contributed by atoms with Crippen molar-refractivity contribution in [3.63, 3.8) is 0 Å². The van der Waals surface area contributed by atoms with Gasteiger partial charge >= 0.3 is 5.97 Å². The summed E-state index contributed by atoms with van der Waals surface area (Å²) in [5, 5.41) is 23.4. The second-order valence-electron chi connectivity index (χ2n) is 24.2. The van der Waals surface area contributed by atoms with E-state index in [-0.39, 0.29) is 18.5 Å². The van der Waals surface area contributed by atoms with Gasteiger partial charge in [0.05, 0.1) is 25.4 Å². The van der Waals surface area contributed by atoms with E-state index >= 15 is 0 Å². The Bertz CT molecular complexity index is 1200. The van der Waals surface area contributed by atoms with Gasteiger partial charge in [0.15, 0.2) is 0 Å². The Morgan fingerprint density at radius 2 is 0.610 bits per heavy atom. The van der Waals surface area contributed by atoms with E-state index in [1.165, 1.54) is 315 Å². The zero-order valence-electron chi connectivity index (χ0n) is 52.2. The van der Waals surface area contributed by atoms with Crippen LogP contribution in [0.5, 0.6) is 0 Å². The highest BCUT2D eigenvalue weighted by atomic mass is 16.5. The van der Waals surface area contributed by atoms with Crippen molar-refractivity contribution >= 4 is 11.9 Å². The molecule has 2 unspecified atom stereocenters. The average Bonchev–Trinajstić information content (AvgIpc) is 3.43. The van der Waals surface area contributed by atoms with Crippen LogP contribution in [0.15, 0.2) is 24.3 Å². The lowest BCUT2D eigenvalue weighted by molar-refractivity contribution is -0.143. The maximum atomic E-state index is 12.6. The molecule has 6 heteroatoms. The molecule has 0 saturated carbocycles. The van der Waals surface area contributed by atoms with Crippen molar-refractivity contribution in [2.45, 2.75) is 405 Å². The van der Waals surface area contributed by atoms with Crippen LogP contribution in [0, 0.1) is 0 Å². The number of carbonyl (C=O) groups is 2. The van der Waals surface area contributed by atoms with Crippen molar-refractivity contribution in [3.05, 3.63) is 24.3 Å². The fraction of sp³-hybridized carbons (Fsp3) is 0.915. The van der Waals surface area contributed by atoms with Crippen molar-refractivity contribution in [1.29, 1.82) is 0 Å². The fourth-order valence-electron chi connectivity index (χ4n) is 11.1. The molecule has 0 rings (SSSR count). The number of esters is 1. The van der Waals surface area contributed by atoms with Crippen molar-refractivity contribution in [3.8, 4) is 0 Å². The van der Waals surface area contributed by atoms with Gasteiger partial charge in [-0.3, -0.25) is 9.59 Å². The molecule has 0 aromatic heterocycles. The van der Waals surface area contributed by atoms with Gasteiger partial charge in [0, 0.05) is 12.8 Å². The molecular weight excluding hydrogens is 947 g/mol. The van der Waals surface area contributed by atoms with Crippen molar-refractivity contribution in [1.82, 2.24) is 5.32 Å². The van der Waals surface area contributed by atoms with Crippen LogP contribution >= 0.6 is 0 Å². The minimum atomic E-state index is -0.670. The van der Waals surface area contributed by atoms with Crippen LogP contribution in [-0.2, 0) is 14.3 Å². The number of hydrogen-bond acceptors (Lipinski definition) is 5. The summed E-state index contributed by atoms with van der Waals surface area (Å²) in [6.07, 6.45) is 83.6. The van der Waals surface area contributed by atoms with Crippen LogP contribution in [-0.4, -0.2) is 47.4 Å². The van der Waals surface area contributed by atoms with Gasteiger partial charge in [-0.05, 0) is 77.0 Å². The SMILES string of the molecule is CCCCC/C=C\CCCCCCCC(=O)OCCCCCCCCCCCCCC/C=C\CCCCCCCCCC(=O)NC(CO)C(O)CCCCCCCCCCCCCCCCCCCCCCCCCCC. The normalized spacial score (nSPS) is 12.6. The van der Waals surface area contributed by atoms with Crippen LogP contribution in [0.25, 0.3) is 0 Å². The van der Waals surface area contributed by atoms with Crippen molar-refractivity contribution < 1.29 is 24.5 Å². The standard InChI is InChI=1S/C71H137NO5/c1-3-5-7-9-11-13-15-17-18-19-20-21-22-23-25-28-31-34-37-40-43-47-51-55-59-63-69(74)68(67-73)72-70(75)64-60-56-52-48-44-41-38-35-32-29-26-24-27-30-33-36-39-42-46-50-54-58-62-66-77-71(76)65-61-57-53-49-45-16-14-12-10-8-6-4-2/h12,14,29,32,68-69,73-74H,3-11,13,15-28,30-31,33-67H2,1-2H3,(H,72,75)/b14-12-,32-29-. The summed E-state index contributed by atoms with van der Waals surface area (Å²) in [5.41, 5.74) is 0. The molecule has 77 heavy (non-hydrogen) atoms. The zero-order chi connectivity index (χ0) is 55.7. The van der Waals surface area contributed by atoms with Gasteiger partial charge in [-0.25, -0.2) is 0 Å². The molecule has 0 fully saturated rings. The number of aliphatic hydroxyl groups excluding tert-OH is 2. The van der Waals surface area contributed by atoms with E-state index in [1.807, 2.05) is 0 Å². The number of unbranched alkanes of at least 4 members (excludes halogenated alkanes) is 51. The summed E-state index contributed by atoms with van der Waals surface area (Å²) in [6.45, 7) is 4.96. The summed E-state index contributed by atoms with van der Waals surface area (Å²) in [5.74, 6) is -0.0345. The molecule has 0 heterocycles. The maximum absolute atomic E-state index is 12.6. The lowest BCUT2D eigenvalue weighted by atomic mass is 10.0. The third-order valence-corrected chi connectivity index (χ3v) is 16.5. The molecule has 0 aliphatic rings. The first-order valence-electron chi connectivity index (χ1n) is 35.1. The van der Waals surface area contributed by atoms with E-state index in [0.29, 0.717) is 25.9 Å².